The van der Waals surface area contributed by atoms with Gasteiger partial charge in [0.2, 0.25) is 0 Å². The Balaban J connectivity index is 2.20. The maximum atomic E-state index is 6.11. The number of halogens is 3. The molecule has 1 atom stereocenters. The van der Waals surface area contributed by atoms with E-state index in [1.54, 1.807) is 36.4 Å². The summed E-state index contributed by atoms with van der Waals surface area (Å²) in [6, 6.07) is 10.5. The Kier molecular flexibility index (Phi) is 5.17. The molecule has 0 fully saturated rings. The molecular weight excluding hydrogens is 317 g/mol. The summed E-state index contributed by atoms with van der Waals surface area (Å²) in [6.45, 7) is 2.20. The molecule has 106 valence electrons. The summed E-state index contributed by atoms with van der Waals surface area (Å²) in [4.78, 5) is 0. The van der Waals surface area contributed by atoms with Crippen LogP contribution in [0.15, 0.2) is 36.4 Å². The van der Waals surface area contributed by atoms with Gasteiger partial charge in [0.1, 0.15) is 12.4 Å². The third-order valence-corrected chi connectivity index (χ3v) is 3.69. The van der Waals surface area contributed by atoms with Crippen LogP contribution in [0.3, 0.4) is 0 Å². The van der Waals surface area contributed by atoms with E-state index in [1.807, 2.05) is 6.92 Å². The van der Waals surface area contributed by atoms with Crippen molar-refractivity contribution in [2.45, 2.75) is 19.6 Å². The smallest absolute Gasteiger partial charge is 0.124 e. The van der Waals surface area contributed by atoms with E-state index in [4.69, 9.17) is 45.3 Å². The number of nitrogens with two attached hydrogens (primary N) is 1. The minimum atomic E-state index is -0.168. The van der Waals surface area contributed by atoms with Crippen LogP contribution < -0.4 is 10.5 Å². The molecule has 0 aliphatic heterocycles. The van der Waals surface area contributed by atoms with Crippen molar-refractivity contribution in [1.29, 1.82) is 0 Å². The lowest BCUT2D eigenvalue weighted by atomic mass is 10.1. The molecule has 1 unspecified atom stereocenters. The van der Waals surface area contributed by atoms with Gasteiger partial charge in [0.05, 0.1) is 0 Å². The molecule has 0 saturated heterocycles. The Morgan fingerprint density at radius 1 is 1.05 bits per heavy atom. The maximum Gasteiger partial charge on any atom is 0.124 e. The first kappa shape index (κ1) is 15.5. The highest BCUT2D eigenvalue weighted by Crippen LogP contribution is 2.29. The van der Waals surface area contributed by atoms with Crippen LogP contribution in [-0.2, 0) is 6.61 Å². The van der Waals surface area contributed by atoms with E-state index in [9.17, 15) is 0 Å². The molecule has 20 heavy (non-hydrogen) atoms. The average Bonchev–Trinajstić information content (AvgIpc) is 2.40. The molecule has 2 aromatic rings. The number of hydrogen-bond donors (Lipinski definition) is 1. The van der Waals surface area contributed by atoms with Crippen molar-refractivity contribution in [2.75, 3.05) is 0 Å². The summed E-state index contributed by atoms with van der Waals surface area (Å²) in [5.74, 6) is 0.695. The fraction of sp³-hybridized carbons (Fsp3) is 0.200. The lowest BCUT2D eigenvalue weighted by Gasteiger charge is -2.15. The van der Waals surface area contributed by atoms with E-state index in [0.717, 1.165) is 11.1 Å². The monoisotopic (exact) mass is 329 g/mol. The van der Waals surface area contributed by atoms with Crippen LogP contribution in [0.4, 0.5) is 0 Å². The van der Waals surface area contributed by atoms with E-state index in [-0.39, 0.29) is 6.04 Å². The highest BCUT2D eigenvalue weighted by Gasteiger charge is 2.10. The lowest BCUT2D eigenvalue weighted by molar-refractivity contribution is 0.301. The Morgan fingerprint density at radius 2 is 1.70 bits per heavy atom. The van der Waals surface area contributed by atoms with Crippen molar-refractivity contribution in [3.05, 3.63) is 62.6 Å². The lowest BCUT2D eigenvalue weighted by Crippen LogP contribution is -2.08. The second-order valence-corrected chi connectivity index (χ2v) is 5.78. The van der Waals surface area contributed by atoms with Crippen molar-refractivity contribution in [3.63, 3.8) is 0 Å². The molecule has 0 heterocycles. The zero-order valence-electron chi connectivity index (χ0n) is 10.9. The van der Waals surface area contributed by atoms with Gasteiger partial charge >= 0.3 is 0 Å². The molecule has 0 aromatic heterocycles. The molecule has 2 rings (SSSR count). The molecule has 0 amide bonds. The largest absolute Gasteiger partial charge is 0.489 e. The molecule has 0 aliphatic rings. The van der Waals surface area contributed by atoms with Crippen LogP contribution in [0.25, 0.3) is 0 Å². The standard InChI is InChI=1S/C15H14Cl3NO/c1-9(19)13-7-12(17)3-5-15(13)20-8-10-6-11(16)2-4-14(10)18/h2-7,9H,8,19H2,1H3. The first-order valence-electron chi connectivity index (χ1n) is 6.09. The van der Waals surface area contributed by atoms with Gasteiger partial charge in [-0.2, -0.15) is 0 Å². The van der Waals surface area contributed by atoms with Crippen LogP contribution in [0, 0.1) is 0 Å². The zero-order valence-corrected chi connectivity index (χ0v) is 13.1. The molecular formula is C15H14Cl3NO. The summed E-state index contributed by atoms with van der Waals surface area (Å²) in [5.41, 5.74) is 7.60. The van der Waals surface area contributed by atoms with Gasteiger partial charge in [-0.15, -0.1) is 0 Å². The first-order valence-corrected chi connectivity index (χ1v) is 7.22. The SMILES string of the molecule is CC(N)c1cc(Cl)ccc1OCc1cc(Cl)ccc1Cl. The van der Waals surface area contributed by atoms with Gasteiger partial charge in [-0.25, -0.2) is 0 Å². The Hall–Kier alpha value is -0.930. The first-order chi connectivity index (χ1) is 9.47. The van der Waals surface area contributed by atoms with Gasteiger partial charge in [0.15, 0.2) is 0 Å². The molecule has 2 aromatic carbocycles. The topological polar surface area (TPSA) is 35.2 Å². The van der Waals surface area contributed by atoms with Gasteiger partial charge in [0.25, 0.3) is 0 Å². The van der Waals surface area contributed by atoms with Gasteiger partial charge in [-0.05, 0) is 43.3 Å². The fourth-order valence-electron chi connectivity index (χ4n) is 1.82. The Morgan fingerprint density at radius 3 is 2.40 bits per heavy atom. The van der Waals surface area contributed by atoms with Crippen LogP contribution in [-0.4, -0.2) is 0 Å². The van der Waals surface area contributed by atoms with Gasteiger partial charge in [0, 0.05) is 32.2 Å². The summed E-state index contributed by atoms with van der Waals surface area (Å²) in [5, 5.41) is 1.87. The Labute approximate surface area is 133 Å². The molecule has 0 aliphatic carbocycles. The van der Waals surface area contributed by atoms with Crippen molar-refractivity contribution < 1.29 is 4.74 Å². The quantitative estimate of drug-likeness (QED) is 0.831. The van der Waals surface area contributed by atoms with E-state index >= 15 is 0 Å². The number of benzene rings is 2. The summed E-state index contributed by atoms with van der Waals surface area (Å²) in [7, 11) is 0. The van der Waals surface area contributed by atoms with Crippen molar-refractivity contribution in [3.8, 4) is 5.75 Å². The highest BCUT2D eigenvalue weighted by atomic mass is 35.5. The van der Waals surface area contributed by atoms with E-state index < -0.39 is 0 Å². The second kappa shape index (κ2) is 6.68. The number of rotatable bonds is 4. The highest BCUT2D eigenvalue weighted by molar-refractivity contribution is 6.33. The van der Waals surface area contributed by atoms with E-state index in [0.29, 0.717) is 27.4 Å². The van der Waals surface area contributed by atoms with Crippen LogP contribution >= 0.6 is 34.8 Å². The minimum absolute atomic E-state index is 0.168. The minimum Gasteiger partial charge on any atom is -0.489 e. The third kappa shape index (κ3) is 3.80. The molecule has 0 radical (unpaired) electrons. The second-order valence-electron chi connectivity index (χ2n) is 4.50. The van der Waals surface area contributed by atoms with Crippen molar-refractivity contribution >= 4 is 34.8 Å². The van der Waals surface area contributed by atoms with E-state index in [2.05, 4.69) is 0 Å². The van der Waals surface area contributed by atoms with Gasteiger partial charge in [-0.1, -0.05) is 34.8 Å². The molecule has 0 spiro atoms. The summed E-state index contributed by atoms with van der Waals surface area (Å²) >= 11 is 18.0. The fourth-order valence-corrected chi connectivity index (χ4v) is 2.36. The zero-order chi connectivity index (χ0) is 14.7. The molecule has 5 heteroatoms. The van der Waals surface area contributed by atoms with Gasteiger partial charge in [-0.3, -0.25) is 0 Å². The average molecular weight is 331 g/mol. The van der Waals surface area contributed by atoms with Crippen LogP contribution in [0.5, 0.6) is 5.75 Å². The predicted molar refractivity (Wildman–Crippen MR) is 84.8 cm³/mol. The third-order valence-electron chi connectivity index (χ3n) is 2.85. The summed E-state index contributed by atoms with van der Waals surface area (Å²) in [6.07, 6.45) is 0. The molecule has 2 nitrogen and oxygen atoms in total. The molecule has 2 N–H and O–H groups in total. The predicted octanol–water partition coefficient (Wildman–Crippen LogP) is 5.25. The van der Waals surface area contributed by atoms with Crippen LogP contribution in [0.1, 0.15) is 24.1 Å². The van der Waals surface area contributed by atoms with Gasteiger partial charge < -0.3 is 10.5 Å². The normalized spacial score (nSPS) is 12.2. The Bertz CT molecular complexity index is 614. The maximum absolute atomic E-state index is 6.11. The van der Waals surface area contributed by atoms with E-state index in [1.165, 1.54) is 0 Å². The summed E-state index contributed by atoms with van der Waals surface area (Å²) < 4.78 is 5.79. The molecule has 0 bridgehead atoms. The molecule has 0 saturated carbocycles. The van der Waals surface area contributed by atoms with Crippen LogP contribution in [0.2, 0.25) is 15.1 Å². The number of hydrogen-bond acceptors (Lipinski definition) is 2. The van der Waals surface area contributed by atoms with Crippen molar-refractivity contribution in [1.82, 2.24) is 0 Å². The van der Waals surface area contributed by atoms with Crippen molar-refractivity contribution in [2.24, 2.45) is 5.73 Å². The number of ether oxygens (including phenoxy) is 1.